The van der Waals surface area contributed by atoms with Crippen LogP contribution < -0.4 is 5.73 Å². The number of nitrogens with two attached hydrogens (primary N) is 1. The van der Waals surface area contributed by atoms with Crippen LogP contribution in [0.3, 0.4) is 0 Å². The molecule has 0 aliphatic rings. The zero-order valence-corrected chi connectivity index (χ0v) is 7.53. The summed E-state index contributed by atoms with van der Waals surface area (Å²) < 4.78 is 0. The third-order valence-corrected chi connectivity index (χ3v) is 2.09. The molecule has 2 heteroatoms. The molecular weight excluding hydrogens is 154 g/mol. The Morgan fingerprint density at radius 1 is 1.36 bits per heavy atom. The molecule has 0 spiro atoms. The van der Waals surface area contributed by atoms with Crippen molar-refractivity contribution in [1.82, 2.24) is 0 Å². The molecular formula is C9H11NS. The zero-order chi connectivity index (χ0) is 8.43. The monoisotopic (exact) mass is 165 g/mol. The quantitative estimate of drug-likeness (QED) is 0.643. The van der Waals surface area contributed by atoms with Crippen LogP contribution in [0.2, 0.25) is 0 Å². The van der Waals surface area contributed by atoms with E-state index in [1.807, 2.05) is 19.1 Å². The van der Waals surface area contributed by atoms with E-state index in [1.165, 1.54) is 11.1 Å². The van der Waals surface area contributed by atoms with Crippen molar-refractivity contribution in [3.8, 4) is 0 Å². The predicted octanol–water partition coefficient (Wildman–Crippen LogP) is 1.94. The van der Waals surface area contributed by atoms with Crippen molar-refractivity contribution in [2.24, 2.45) is 5.73 Å². The van der Waals surface area contributed by atoms with Crippen molar-refractivity contribution in [3.05, 3.63) is 34.9 Å². The molecule has 0 aliphatic carbocycles. The van der Waals surface area contributed by atoms with Crippen LogP contribution >= 0.6 is 12.2 Å². The molecule has 2 N–H and O–H groups in total. The molecule has 11 heavy (non-hydrogen) atoms. The van der Waals surface area contributed by atoms with Gasteiger partial charge >= 0.3 is 0 Å². The lowest BCUT2D eigenvalue weighted by Crippen LogP contribution is -2.11. The first-order valence-electron chi connectivity index (χ1n) is 3.49. The Morgan fingerprint density at radius 2 is 2.00 bits per heavy atom. The lowest BCUT2D eigenvalue weighted by molar-refractivity contribution is 1.32. The molecule has 0 atom stereocenters. The summed E-state index contributed by atoms with van der Waals surface area (Å²) in [5, 5.41) is 0. The second-order valence-corrected chi connectivity index (χ2v) is 3.05. The minimum absolute atomic E-state index is 0.478. The second-order valence-electron chi connectivity index (χ2n) is 2.61. The van der Waals surface area contributed by atoms with Crippen molar-refractivity contribution in [3.63, 3.8) is 0 Å². The Kier molecular flexibility index (Phi) is 2.25. The Morgan fingerprint density at radius 3 is 2.45 bits per heavy atom. The van der Waals surface area contributed by atoms with Crippen molar-refractivity contribution in [2.45, 2.75) is 13.8 Å². The highest BCUT2D eigenvalue weighted by Crippen LogP contribution is 2.11. The van der Waals surface area contributed by atoms with Crippen LogP contribution in [-0.4, -0.2) is 4.99 Å². The van der Waals surface area contributed by atoms with E-state index in [1.54, 1.807) is 0 Å². The third kappa shape index (κ3) is 1.57. The fourth-order valence-electron chi connectivity index (χ4n) is 1.02. The number of thiocarbonyl (C=S) groups is 1. The number of hydrogen-bond acceptors (Lipinski definition) is 1. The highest BCUT2D eigenvalue weighted by Gasteiger charge is 2.01. The van der Waals surface area contributed by atoms with Gasteiger partial charge in [0, 0.05) is 5.56 Å². The first-order chi connectivity index (χ1) is 5.13. The molecule has 0 saturated carbocycles. The lowest BCUT2D eigenvalue weighted by Gasteiger charge is -2.05. The maximum Gasteiger partial charge on any atom is 0.104 e. The minimum atomic E-state index is 0.478. The molecule has 0 aliphatic heterocycles. The van der Waals surface area contributed by atoms with Crippen molar-refractivity contribution < 1.29 is 0 Å². The zero-order valence-electron chi connectivity index (χ0n) is 6.72. The summed E-state index contributed by atoms with van der Waals surface area (Å²) in [7, 11) is 0. The normalized spacial score (nSPS) is 9.64. The molecule has 0 radical (unpaired) electrons. The van der Waals surface area contributed by atoms with E-state index in [4.69, 9.17) is 18.0 Å². The maximum absolute atomic E-state index is 5.51. The highest BCUT2D eigenvalue weighted by atomic mass is 32.1. The number of hydrogen-bond donors (Lipinski definition) is 1. The summed E-state index contributed by atoms with van der Waals surface area (Å²) in [6.45, 7) is 4.08. The Balaban J connectivity index is 3.27. The Bertz CT molecular complexity index is 292. The fourth-order valence-corrected chi connectivity index (χ4v) is 1.24. The van der Waals surface area contributed by atoms with E-state index in [9.17, 15) is 0 Å². The molecule has 0 saturated heterocycles. The van der Waals surface area contributed by atoms with E-state index in [0.29, 0.717) is 4.99 Å². The predicted molar refractivity (Wildman–Crippen MR) is 51.8 cm³/mol. The SMILES string of the molecule is Cc1cccc(C(N)=S)c1C. The van der Waals surface area contributed by atoms with Crippen molar-refractivity contribution >= 4 is 17.2 Å². The third-order valence-electron chi connectivity index (χ3n) is 1.87. The average molecular weight is 165 g/mol. The summed E-state index contributed by atoms with van der Waals surface area (Å²) >= 11 is 4.89. The van der Waals surface area contributed by atoms with Crippen LogP contribution in [0.4, 0.5) is 0 Å². The first-order valence-corrected chi connectivity index (χ1v) is 3.90. The van der Waals surface area contributed by atoms with Gasteiger partial charge in [-0.1, -0.05) is 30.4 Å². The molecule has 0 fully saturated rings. The highest BCUT2D eigenvalue weighted by molar-refractivity contribution is 7.80. The van der Waals surface area contributed by atoms with Crippen LogP contribution in [0.5, 0.6) is 0 Å². The van der Waals surface area contributed by atoms with Gasteiger partial charge in [0.2, 0.25) is 0 Å². The standard InChI is InChI=1S/C9H11NS/c1-6-4-3-5-8(7(6)2)9(10)11/h3-5H,1-2H3,(H2,10,11). The Hall–Kier alpha value is -0.890. The molecule has 0 unspecified atom stereocenters. The van der Waals surface area contributed by atoms with Crippen LogP contribution in [0, 0.1) is 13.8 Å². The lowest BCUT2D eigenvalue weighted by atomic mass is 10.0. The second kappa shape index (κ2) is 3.01. The molecule has 0 heterocycles. The van der Waals surface area contributed by atoms with Crippen LogP contribution in [-0.2, 0) is 0 Å². The van der Waals surface area contributed by atoms with Crippen LogP contribution in [0.25, 0.3) is 0 Å². The van der Waals surface area contributed by atoms with Gasteiger partial charge in [0.15, 0.2) is 0 Å². The number of rotatable bonds is 1. The minimum Gasteiger partial charge on any atom is -0.389 e. The largest absolute Gasteiger partial charge is 0.389 e. The van der Waals surface area contributed by atoms with Gasteiger partial charge in [-0.3, -0.25) is 0 Å². The molecule has 58 valence electrons. The molecule has 1 aromatic carbocycles. The smallest absolute Gasteiger partial charge is 0.104 e. The summed E-state index contributed by atoms with van der Waals surface area (Å²) in [6.07, 6.45) is 0. The Labute approximate surface area is 72.2 Å². The van der Waals surface area contributed by atoms with Crippen molar-refractivity contribution in [2.75, 3.05) is 0 Å². The van der Waals surface area contributed by atoms with Gasteiger partial charge in [-0.05, 0) is 25.0 Å². The van der Waals surface area contributed by atoms with Gasteiger partial charge in [0.05, 0.1) is 0 Å². The van der Waals surface area contributed by atoms with E-state index in [-0.39, 0.29) is 0 Å². The van der Waals surface area contributed by atoms with Crippen molar-refractivity contribution in [1.29, 1.82) is 0 Å². The molecule has 0 amide bonds. The number of aryl methyl sites for hydroxylation is 1. The van der Waals surface area contributed by atoms with E-state index in [0.717, 1.165) is 5.56 Å². The summed E-state index contributed by atoms with van der Waals surface area (Å²) in [5.74, 6) is 0. The summed E-state index contributed by atoms with van der Waals surface area (Å²) in [5.41, 5.74) is 8.91. The van der Waals surface area contributed by atoms with Gasteiger partial charge < -0.3 is 5.73 Å². The van der Waals surface area contributed by atoms with Crippen LogP contribution in [0.1, 0.15) is 16.7 Å². The molecule has 1 rings (SSSR count). The van der Waals surface area contributed by atoms with E-state index >= 15 is 0 Å². The van der Waals surface area contributed by atoms with E-state index < -0.39 is 0 Å². The average Bonchev–Trinajstić information content (AvgIpc) is 1.94. The summed E-state index contributed by atoms with van der Waals surface area (Å²) in [4.78, 5) is 0.478. The van der Waals surface area contributed by atoms with Gasteiger partial charge in [0.1, 0.15) is 4.99 Å². The van der Waals surface area contributed by atoms with Gasteiger partial charge in [-0.2, -0.15) is 0 Å². The van der Waals surface area contributed by atoms with Gasteiger partial charge in [-0.15, -0.1) is 0 Å². The molecule has 0 bridgehead atoms. The maximum atomic E-state index is 5.51. The molecule has 0 aromatic heterocycles. The molecule has 1 nitrogen and oxygen atoms in total. The molecule has 1 aromatic rings. The van der Waals surface area contributed by atoms with E-state index in [2.05, 4.69) is 13.0 Å². The van der Waals surface area contributed by atoms with Gasteiger partial charge in [-0.25, -0.2) is 0 Å². The van der Waals surface area contributed by atoms with Crippen LogP contribution in [0.15, 0.2) is 18.2 Å². The summed E-state index contributed by atoms with van der Waals surface area (Å²) in [6, 6.07) is 5.97. The fraction of sp³-hybridized carbons (Fsp3) is 0.222. The number of benzene rings is 1. The van der Waals surface area contributed by atoms with Gasteiger partial charge in [0.25, 0.3) is 0 Å². The first kappa shape index (κ1) is 8.21. The topological polar surface area (TPSA) is 26.0 Å².